The van der Waals surface area contributed by atoms with E-state index in [4.69, 9.17) is 0 Å². The third-order valence-corrected chi connectivity index (χ3v) is 3.73. The smallest absolute Gasteiger partial charge is 0.179 e. The molecule has 0 saturated carbocycles. The van der Waals surface area contributed by atoms with Crippen LogP contribution in [0.3, 0.4) is 0 Å². The first-order valence-corrected chi connectivity index (χ1v) is 7.75. The molecule has 2 nitrogen and oxygen atoms in total. The van der Waals surface area contributed by atoms with Crippen molar-refractivity contribution in [2.24, 2.45) is 0 Å². The van der Waals surface area contributed by atoms with Crippen LogP contribution in [0.15, 0.2) is 65.7 Å². The van der Waals surface area contributed by atoms with Crippen molar-refractivity contribution in [2.75, 3.05) is 13.1 Å². The van der Waals surface area contributed by atoms with Gasteiger partial charge in [0, 0.05) is 17.6 Å². The van der Waals surface area contributed by atoms with Crippen molar-refractivity contribution in [3.05, 3.63) is 82.6 Å². The van der Waals surface area contributed by atoms with E-state index in [1.165, 1.54) is 12.1 Å². The Hall–Kier alpha value is -1.78. The molecule has 114 valence electrons. The maximum atomic E-state index is 13.8. The van der Waals surface area contributed by atoms with Crippen LogP contribution in [0.5, 0.6) is 0 Å². The van der Waals surface area contributed by atoms with Crippen molar-refractivity contribution in [1.29, 1.82) is 0 Å². The van der Waals surface area contributed by atoms with E-state index in [2.05, 4.69) is 22.5 Å². The molecule has 0 radical (unpaired) electrons. The Labute approximate surface area is 138 Å². The van der Waals surface area contributed by atoms with Gasteiger partial charge < -0.3 is 0 Å². The molecule has 2 aromatic carbocycles. The Bertz CT molecular complexity index is 657. The molecule has 0 heterocycles. The fourth-order valence-electron chi connectivity index (χ4n) is 2.21. The average molecular weight is 362 g/mol. The number of ketones is 1. The molecule has 0 atom stereocenters. The molecular weight excluding hydrogens is 345 g/mol. The number of rotatable bonds is 7. The lowest BCUT2D eigenvalue weighted by atomic mass is 10.1. The molecule has 0 unspecified atom stereocenters. The molecule has 22 heavy (non-hydrogen) atoms. The summed E-state index contributed by atoms with van der Waals surface area (Å²) < 4.78 is 14.5. The van der Waals surface area contributed by atoms with Gasteiger partial charge in [-0.3, -0.25) is 9.69 Å². The van der Waals surface area contributed by atoms with Crippen LogP contribution in [0.25, 0.3) is 0 Å². The third-order valence-electron chi connectivity index (χ3n) is 3.23. The molecule has 0 saturated heterocycles. The van der Waals surface area contributed by atoms with Gasteiger partial charge in [-0.25, -0.2) is 4.39 Å². The molecule has 0 spiro atoms. The van der Waals surface area contributed by atoms with Gasteiger partial charge in [0.1, 0.15) is 5.82 Å². The highest BCUT2D eigenvalue weighted by Crippen LogP contribution is 2.17. The standard InChI is InChI=1S/C18H17BrFNO/c1-2-10-21(12-14-6-4-3-5-7-14)13-18(22)16-11-15(19)8-9-17(16)20/h2-9,11H,1,10,12-13H2. The largest absolute Gasteiger partial charge is 0.293 e. The van der Waals surface area contributed by atoms with Crippen molar-refractivity contribution in [1.82, 2.24) is 4.90 Å². The highest BCUT2D eigenvalue weighted by Gasteiger charge is 2.16. The Kier molecular flexibility index (Phi) is 6.04. The summed E-state index contributed by atoms with van der Waals surface area (Å²) >= 11 is 3.27. The van der Waals surface area contributed by atoms with E-state index in [1.54, 1.807) is 12.1 Å². The van der Waals surface area contributed by atoms with Gasteiger partial charge in [-0.1, -0.05) is 52.3 Å². The molecule has 0 amide bonds. The molecular formula is C18H17BrFNO. The number of benzene rings is 2. The molecule has 0 fully saturated rings. The van der Waals surface area contributed by atoms with E-state index >= 15 is 0 Å². The van der Waals surface area contributed by atoms with E-state index in [9.17, 15) is 9.18 Å². The second kappa shape index (κ2) is 8.01. The van der Waals surface area contributed by atoms with E-state index < -0.39 is 5.82 Å². The van der Waals surface area contributed by atoms with Crippen molar-refractivity contribution in [3.63, 3.8) is 0 Å². The number of Topliss-reactive ketones (excluding diaryl/α,β-unsaturated/α-hetero) is 1. The summed E-state index contributed by atoms with van der Waals surface area (Å²) in [5.41, 5.74) is 1.21. The lowest BCUT2D eigenvalue weighted by Crippen LogP contribution is -2.30. The summed E-state index contributed by atoms with van der Waals surface area (Å²) in [7, 11) is 0. The first-order chi connectivity index (χ1) is 10.6. The zero-order valence-corrected chi connectivity index (χ0v) is 13.7. The minimum absolute atomic E-state index is 0.108. The summed E-state index contributed by atoms with van der Waals surface area (Å²) in [4.78, 5) is 14.3. The SMILES string of the molecule is C=CCN(CC(=O)c1cc(Br)ccc1F)Cc1ccccc1. The predicted molar refractivity (Wildman–Crippen MR) is 90.3 cm³/mol. The third kappa shape index (κ3) is 4.61. The lowest BCUT2D eigenvalue weighted by Gasteiger charge is -2.20. The van der Waals surface area contributed by atoms with E-state index in [1.807, 2.05) is 35.2 Å². The van der Waals surface area contributed by atoms with Gasteiger partial charge >= 0.3 is 0 Å². The minimum atomic E-state index is -0.494. The average Bonchev–Trinajstić information content (AvgIpc) is 2.51. The van der Waals surface area contributed by atoms with Gasteiger partial charge in [-0.15, -0.1) is 6.58 Å². The number of nitrogens with zero attached hydrogens (tertiary/aromatic N) is 1. The second-order valence-corrected chi connectivity index (χ2v) is 5.91. The zero-order valence-electron chi connectivity index (χ0n) is 12.1. The molecule has 0 bridgehead atoms. The Morgan fingerprint density at radius 2 is 1.95 bits per heavy atom. The molecule has 0 aliphatic heterocycles. The summed E-state index contributed by atoms with van der Waals surface area (Å²) in [6.07, 6.45) is 1.74. The Morgan fingerprint density at radius 3 is 2.64 bits per heavy atom. The van der Waals surface area contributed by atoms with Crippen LogP contribution in [0.2, 0.25) is 0 Å². The number of carbonyl (C=O) groups is 1. The minimum Gasteiger partial charge on any atom is -0.293 e. The van der Waals surface area contributed by atoms with Crippen molar-refractivity contribution in [2.45, 2.75) is 6.54 Å². The maximum Gasteiger partial charge on any atom is 0.179 e. The molecule has 4 heteroatoms. The van der Waals surface area contributed by atoms with Crippen LogP contribution in [0.4, 0.5) is 4.39 Å². The summed E-state index contributed by atoms with van der Waals surface area (Å²) in [5.74, 6) is -0.733. The quantitative estimate of drug-likeness (QED) is 0.536. The Balaban J connectivity index is 2.11. The fraction of sp³-hybridized carbons (Fsp3) is 0.167. The van der Waals surface area contributed by atoms with Crippen molar-refractivity contribution < 1.29 is 9.18 Å². The molecule has 2 aromatic rings. The van der Waals surface area contributed by atoms with Crippen LogP contribution in [-0.4, -0.2) is 23.8 Å². The number of hydrogen-bond acceptors (Lipinski definition) is 2. The van der Waals surface area contributed by atoms with E-state index in [0.29, 0.717) is 17.6 Å². The van der Waals surface area contributed by atoms with Gasteiger partial charge in [0.05, 0.1) is 12.1 Å². The predicted octanol–water partition coefficient (Wildman–Crippen LogP) is 4.46. The highest BCUT2D eigenvalue weighted by molar-refractivity contribution is 9.10. The van der Waals surface area contributed by atoms with Crippen LogP contribution < -0.4 is 0 Å². The van der Waals surface area contributed by atoms with Crippen molar-refractivity contribution in [3.8, 4) is 0 Å². The summed E-state index contributed by atoms with van der Waals surface area (Å²) in [5, 5.41) is 0. The Morgan fingerprint density at radius 1 is 1.23 bits per heavy atom. The number of carbonyl (C=O) groups excluding carboxylic acids is 1. The van der Waals surface area contributed by atoms with Gasteiger partial charge in [0.15, 0.2) is 5.78 Å². The number of halogens is 2. The van der Waals surface area contributed by atoms with Gasteiger partial charge in [0.2, 0.25) is 0 Å². The van der Waals surface area contributed by atoms with E-state index in [-0.39, 0.29) is 17.9 Å². The monoisotopic (exact) mass is 361 g/mol. The topological polar surface area (TPSA) is 20.3 Å². The first kappa shape index (κ1) is 16.6. The molecule has 2 rings (SSSR count). The lowest BCUT2D eigenvalue weighted by molar-refractivity contribution is 0.0930. The summed E-state index contributed by atoms with van der Waals surface area (Å²) in [6, 6.07) is 14.3. The zero-order chi connectivity index (χ0) is 15.9. The number of hydrogen-bond donors (Lipinski definition) is 0. The van der Waals surface area contributed by atoms with Gasteiger partial charge in [0.25, 0.3) is 0 Å². The molecule has 0 aliphatic rings. The second-order valence-electron chi connectivity index (χ2n) is 4.99. The molecule has 0 aromatic heterocycles. The normalized spacial score (nSPS) is 10.7. The van der Waals surface area contributed by atoms with E-state index in [0.717, 1.165) is 5.56 Å². The van der Waals surface area contributed by atoms with Crippen LogP contribution in [0.1, 0.15) is 15.9 Å². The first-order valence-electron chi connectivity index (χ1n) is 6.95. The molecule has 0 aliphatic carbocycles. The highest BCUT2D eigenvalue weighted by atomic mass is 79.9. The molecule has 0 N–H and O–H groups in total. The van der Waals surface area contributed by atoms with Crippen LogP contribution in [-0.2, 0) is 6.54 Å². The van der Waals surface area contributed by atoms with Gasteiger partial charge in [-0.2, -0.15) is 0 Å². The fourth-order valence-corrected chi connectivity index (χ4v) is 2.57. The van der Waals surface area contributed by atoms with Crippen LogP contribution in [0, 0.1) is 5.82 Å². The van der Waals surface area contributed by atoms with Gasteiger partial charge in [-0.05, 0) is 23.8 Å². The van der Waals surface area contributed by atoms with Crippen LogP contribution >= 0.6 is 15.9 Å². The maximum absolute atomic E-state index is 13.8. The van der Waals surface area contributed by atoms with Crippen molar-refractivity contribution >= 4 is 21.7 Å². The summed E-state index contributed by atoms with van der Waals surface area (Å²) in [6.45, 7) is 5.05.